The number of phenols is 1. The van der Waals surface area contributed by atoms with E-state index in [1.165, 1.54) is 11.1 Å². The Kier molecular flexibility index (Phi) is 5.09. The van der Waals surface area contributed by atoms with Crippen molar-refractivity contribution in [3.8, 4) is 5.75 Å². The second kappa shape index (κ2) is 6.71. The molecule has 0 bridgehead atoms. The predicted octanol–water partition coefficient (Wildman–Crippen LogP) is 3.03. The molecule has 23 heavy (non-hydrogen) atoms. The molecular weight excluding hydrogens is 288 g/mol. The van der Waals surface area contributed by atoms with E-state index in [1.807, 2.05) is 11.5 Å². The fourth-order valence-electron chi connectivity index (χ4n) is 2.80. The topological polar surface area (TPSA) is 54.2 Å². The number of hydrogen-bond acceptors (Lipinski definition) is 4. The Morgan fingerprint density at radius 2 is 1.78 bits per heavy atom. The molecule has 0 aliphatic rings. The summed E-state index contributed by atoms with van der Waals surface area (Å²) in [5, 5.41) is 18.2. The van der Waals surface area contributed by atoms with Crippen LogP contribution in [-0.2, 0) is 18.5 Å². The Morgan fingerprint density at radius 1 is 1.17 bits per heavy atom. The molecule has 1 heterocycles. The molecular formula is C18H28N4O. The lowest BCUT2D eigenvalue weighted by molar-refractivity contribution is 0.309. The molecule has 0 atom stereocenters. The van der Waals surface area contributed by atoms with Gasteiger partial charge in [-0.2, -0.15) is 0 Å². The molecule has 5 nitrogen and oxygen atoms in total. The molecule has 0 saturated heterocycles. The van der Waals surface area contributed by atoms with Crippen molar-refractivity contribution in [1.82, 2.24) is 19.7 Å². The predicted molar refractivity (Wildman–Crippen MR) is 92.6 cm³/mol. The average Bonchev–Trinajstić information content (AvgIpc) is 2.97. The summed E-state index contributed by atoms with van der Waals surface area (Å²) in [6.45, 7) is 13.1. The molecule has 0 amide bonds. The van der Waals surface area contributed by atoms with E-state index < -0.39 is 0 Å². The fourth-order valence-corrected chi connectivity index (χ4v) is 2.80. The third-order valence-electron chi connectivity index (χ3n) is 4.34. The van der Waals surface area contributed by atoms with Crippen LogP contribution in [0.4, 0.5) is 0 Å². The highest BCUT2D eigenvalue weighted by atomic mass is 16.3. The van der Waals surface area contributed by atoms with Gasteiger partial charge in [-0.1, -0.05) is 26.8 Å². The van der Waals surface area contributed by atoms with Crippen LogP contribution in [0.2, 0.25) is 0 Å². The first-order chi connectivity index (χ1) is 10.7. The van der Waals surface area contributed by atoms with Gasteiger partial charge in [0.1, 0.15) is 18.4 Å². The number of aryl methyl sites for hydroxylation is 1. The second-order valence-electron chi connectivity index (χ2n) is 7.38. The summed E-state index contributed by atoms with van der Waals surface area (Å²) >= 11 is 0. The molecule has 0 aliphatic heterocycles. The van der Waals surface area contributed by atoms with Gasteiger partial charge in [0, 0.05) is 19.6 Å². The maximum absolute atomic E-state index is 10.6. The molecule has 2 rings (SSSR count). The molecule has 0 radical (unpaired) electrons. The number of aromatic nitrogens is 3. The van der Waals surface area contributed by atoms with Crippen molar-refractivity contribution in [3.63, 3.8) is 0 Å². The summed E-state index contributed by atoms with van der Waals surface area (Å²) in [6.07, 6.45) is 3.46. The van der Waals surface area contributed by atoms with Crippen LogP contribution in [0.25, 0.3) is 0 Å². The Labute approximate surface area is 139 Å². The summed E-state index contributed by atoms with van der Waals surface area (Å²) in [7, 11) is 2.10. The van der Waals surface area contributed by atoms with Gasteiger partial charge in [-0.25, -0.2) is 0 Å². The Morgan fingerprint density at radius 3 is 2.35 bits per heavy atom. The van der Waals surface area contributed by atoms with E-state index in [9.17, 15) is 5.11 Å². The van der Waals surface area contributed by atoms with Crippen molar-refractivity contribution in [2.24, 2.45) is 0 Å². The van der Waals surface area contributed by atoms with E-state index in [2.05, 4.69) is 55.9 Å². The highest BCUT2D eigenvalue weighted by molar-refractivity contribution is 5.51. The lowest BCUT2D eigenvalue weighted by Gasteiger charge is -2.26. The first-order valence-corrected chi connectivity index (χ1v) is 8.03. The van der Waals surface area contributed by atoms with Crippen molar-refractivity contribution < 1.29 is 5.11 Å². The van der Waals surface area contributed by atoms with E-state index in [-0.39, 0.29) is 5.41 Å². The minimum absolute atomic E-state index is 0.0571. The lowest BCUT2D eigenvalue weighted by atomic mass is 9.82. The highest BCUT2D eigenvalue weighted by Gasteiger charge is 2.22. The van der Waals surface area contributed by atoms with Crippen molar-refractivity contribution in [1.29, 1.82) is 0 Å². The Hall–Kier alpha value is -1.88. The van der Waals surface area contributed by atoms with Crippen molar-refractivity contribution >= 4 is 0 Å². The van der Waals surface area contributed by atoms with E-state index in [0.29, 0.717) is 5.75 Å². The summed E-state index contributed by atoms with van der Waals surface area (Å²) in [4.78, 5) is 2.26. The van der Waals surface area contributed by atoms with Gasteiger partial charge in [-0.15, -0.1) is 10.2 Å². The molecule has 0 spiro atoms. The second-order valence-corrected chi connectivity index (χ2v) is 7.38. The summed E-state index contributed by atoms with van der Waals surface area (Å²) < 4.78 is 1.97. The van der Waals surface area contributed by atoms with Gasteiger partial charge >= 0.3 is 0 Å². The minimum Gasteiger partial charge on any atom is -0.507 e. The number of nitrogens with zero attached hydrogens (tertiary/aromatic N) is 4. The molecule has 5 heteroatoms. The lowest BCUT2D eigenvalue weighted by Crippen LogP contribution is -2.24. The van der Waals surface area contributed by atoms with Gasteiger partial charge in [0.05, 0.1) is 0 Å². The van der Waals surface area contributed by atoms with Crippen LogP contribution in [0.1, 0.15) is 43.0 Å². The number of phenolic OH excluding ortho intramolecular Hbond substituents is 1. The van der Waals surface area contributed by atoms with E-state index >= 15 is 0 Å². The van der Waals surface area contributed by atoms with E-state index in [1.54, 1.807) is 12.7 Å². The normalized spacial score (nSPS) is 12.1. The number of hydrogen-bond donors (Lipinski definition) is 1. The highest BCUT2D eigenvalue weighted by Crippen LogP contribution is 2.36. The van der Waals surface area contributed by atoms with Crippen LogP contribution in [0.15, 0.2) is 18.7 Å². The van der Waals surface area contributed by atoms with Crippen LogP contribution in [-0.4, -0.2) is 38.4 Å². The third kappa shape index (κ3) is 4.10. The zero-order valence-corrected chi connectivity index (χ0v) is 15.1. The minimum atomic E-state index is -0.0571. The molecule has 0 saturated carbocycles. The molecule has 1 N–H and O–H groups in total. The molecule has 0 unspecified atom stereocenters. The average molecular weight is 316 g/mol. The van der Waals surface area contributed by atoms with Gasteiger partial charge in [0.15, 0.2) is 0 Å². The first-order valence-electron chi connectivity index (χ1n) is 8.03. The molecule has 0 aliphatic carbocycles. The zero-order valence-electron chi connectivity index (χ0n) is 15.1. The smallest absolute Gasteiger partial charge is 0.122 e. The zero-order chi connectivity index (χ0) is 17.2. The van der Waals surface area contributed by atoms with Crippen LogP contribution in [0.3, 0.4) is 0 Å². The maximum atomic E-state index is 10.6. The maximum Gasteiger partial charge on any atom is 0.122 e. The van der Waals surface area contributed by atoms with E-state index in [0.717, 1.165) is 30.8 Å². The Balaban J connectivity index is 2.15. The fraction of sp³-hybridized carbons (Fsp3) is 0.556. The summed E-state index contributed by atoms with van der Waals surface area (Å²) in [5.41, 5.74) is 4.40. The number of benzene rings is 1. The number of aromatic hydroxyl groups is 1. The van der Waals surface area contributed by atoms with Crippen molar-refractivity contribution in [2.75, 3.05) is 13.6 Å². The molecule has 126 valence electrons. The monoisotopic (exact) mass is 316 g/mol. The molecule has 0 fully saturated rings. The molecule has 1 aromatic carbocycles. The van der Waals surface area contributed by atoms with Gasteiger partial charge in [-0.05, 0) is 48.6 Å². The van der Waals surface area contributed by atoms with Crippen LogP contribution in [0, 0.1) is 13.8 Å². The van der Waals surface area contributed by atoms with Crippen molar-refractivity contribution in [3.05, 3.63) is 41.0 Å². The van der Waals surface area contributed by atoms with Gasteiger partial charge < -0.3 is 14.6 Å². The van der Waals surface area contributed by atoms with Crippen LogP contribution >= 0.6 is 0 Å². The molecule has 2 aromatic rings. The first kappa shape index (κ1) is 17.5. The number of rotatable bonds is 5. The Bertz CT molecular complexity index is 657. The SMILES string of the molecule is Cc1cc(C(C)(C)C)c(O)c(C)c1CN(C)CCn1cnnc1. The van der Waals surface area contributed by atoms with Crippen molar-refractivity contribution in [2.45, 2.75) is 53.1 Å². The van der Waals surface area contributed by atoms with E-state index in [4.69, 9.17) is 0 Å². The quantitative estimate of drug-likeness (QED) is 0.921. The summed E-state index contributed by atoms with van der Waals surface area (Å²) in [5.74, 6) is 0.435. The van der Waals surface area contributed by atoms with Gasteiger partial charge in [-0.3, -0.25) is 0 Å². The third-order valence-corrected chi connectivity index (χ3v) is 4.34. The standard InChI is InChI=1S/C18H28N4O/c1-13-9-16(18(3,4)5)17(23)14(2)15(13)10-21(6)7-8-22-11-19-20-12-22/h9,11-12,23H,7-8,10H2,1-6H3. The largest absolute Gasteiger partial charge is 0.507 e. The summed E-state index contributed by atoms with van der Waals surface area (Å²) in [6, 6.07) is 2.13. The van der Waals surface area contributed by atoms with Gasteiger partial charge in [0.2, 0.25) is 0 Å². The van der Waals surface area contributed by atoms with Gasteiger partial charge in [0.25, 0.3) is 0 Å². The van der Waals surface area contributed by atoms with Crippen LogP contribution < -0.4 is 0 Å². The van der Waals surface area contributed by atoms with Crippen LogP contribution in [0.5, 0.6) is 5.75 Å². The number of likely N-dealkylation sites (N-methyl/N-ethyl adjacent to an activating group) is 1. The molecule has 1 aromatic heterocycles.